The third-order valence-electron chi connectivity index (χ3n) is 3.05. The van der Waals surface area contributed by atoms with Gasteiger partial charge in [0, 0.05) is 13.6 Å². The zero-order valence-electron chi connectivity index (χ0n) is 11.3. The molecule has 0 unspecified atom stereocenters. The van der Waals surface area contributed by atoms with Crippen molar-refractivity contribution in [3.63, 3.8) is 0 Å². The van der Waals surface area contributed by atoms with Gasteiger partial charge in [0.2, 0.25) is 5.91 Å². The highest BCUT2D eigenvalue weighted by atomic mass is 16.6. The highest BCUT2D eigenvalue weighted by molar-refractivity contribution is 5.79. The number of nitrogens with zero attached hydrogens (tertiary/aromatic N) is 1. The van der Waals surface area contributed by atoms with E-state index in [4.69, 9.17) is 14.6 Å². The third kappa shape index (κ3) is 3.63. The van der Waals surface area contributed by atoms with Crippen LogP contribution in [0.5, 0.6) is 11.5 Å². The Kier molecular flexibility index (Phi) is 4.45. The molecule has 0 aromatic heterocycles. The molecule has 2 rings (SSSR count). The molecule has 20 heavy (non-hydrogen) atoms. The molecule has 1 aromatic carbocycles. The fraction of sp³-hybridized carbons (Fsp3) is 0.429. The standard InChI is InChI=1S/C14H17NO5/c1-15(5-4-14(17)18)13(16)9-10-2-3-11-12(8-10)20-7-6-19-11/h2-3,8H,4-7,9H2,1H3,(H,17,18). The van der Waals surface area contributed by atoms with Crippen LogP contribution in [0, 0.1) is 0 Å². The molecule has 6 heteroatoms. The minimum absolute atomic E-state index is 0.0522. The van der Waals surface area contributed by atoms with Crippen molar-refractivity contribution in [3.05, 3.63) is 23.8 Å². The maximum absolute atomic E-state index is 12.0. The molecule has 6 nitrogen and oxygen atoms in total. The molecule has 1 heterocycles. The lowest BCUT2D eigenvalue weighted by atomic mass is 10.1. The van der Waals surface area contributed by atoms with Crippen molar-refractivity contribution in [2.75, 3.05) is 26.8 Å². The summed E-state index contributed by atoms with van der Waals surface area (Å²) < 4.78 is 10.9. The van der Waals surface area contributed by atoms with Gasteiger partial charge in [0.05, 0.1) is 12.8 Å². The molecular weight excluding hydrogens is 262 g/mol. The van der Waals surface area contributed by atoms with Crippen LogP contribution in [0.2, 0.25) is 0 Å². The molecule has 0 saturated heterocycles. The van der Waals surface area contributed by atoms with E-state index in [9.17, 15) is 9.59 Å². The van der Waals surface area contributed by atoms with Crippen LogP contribution in [0.3, 0.4) is 0 Å². The molecular formula is C14H17NO5. The van der Waals surface area contributed by atoms with Gasteiger partial charge >= 0.3 is 5.97 Å². The Morgan fingerprint density at radius 3 is 2.65 bits per heavy atom. The molecule has 0 aliphatic carbocycles. The number of aliphatic carboxylic acids is 1. The normalized spacial score (nSPS) is 12.8. The summed E-state index contributed by atoms with van der Waals surface area (Å²) >= 11 is 0. The summed E-state index contributed by atoms with van der Waals surface area (Å²) in [4.78, 5) is 23.9. The number of benzene rings is 1. The van der Waals surface area contributed by atoms with Gasteiger partial charge in [-0.1, -0.05) is 6.07 Å². The maximum Gasteiger partial charge on any atom is 0.305 e. The number of amides is 1. The number of carboxylic acid groups (broad SMARTS) is 1. The third-order valence-corrected chi connectivity index (χ3v) is 3.05. The summed E-state index contributed by atoms with van der Waals surface area (Å²) in [6, 6.07) is 5.39. The van der Waals surface area contributed by atoms with Crippen molar-refractivity contribution in [1.82, 2.24) is 4.90 Å². The van der Waals surface area contributed by atoms with Gasteiger partial charge in [-0.05, 0) is 17.7 Å². The topological polar surface area (TPSA) is 76.1 Å². The quantitative estimate of drug-likeness (QED) is 0.868. The average molecular weight is 279 g/mol. The van der Waals surface area contributed by atoms with Crippen LogP contribution >= 0.6 is 0 Å². The Morgan fingerprint density at radius 1 is 1.25 bits per heavy atom. The summed E-state index contributed by atoms with van der Waals surface area (Å²) in [6.07, 6.45) is 0.163. The number of carbonyl (C=O) groups excluding carboxylic acids is 1. The van der Waals surface area contributed by atoms with Crippen molar-refractivity contribution in [1.29, 1.82) is 0 Å². The number of carboxylic acids is 1. The molecule has 0 fully saturated rings. The summed E-state index contributed by atoms with van der Waals surface area (Å²) in [6.45, 7) is 1.24. The van der Waals surface area contributed by atoms with Crippen molar-refractivity contribution < 1.29 is 24.2 Å². The van der Waals surface area contributed by atoms with E-state index in [0.717, 1.165) is 5.56 Å². The van der Waals surface area contributed by atoms with E-state index in [1.807, 2.05) is 6.07 Å². The molecule has 0 bridgehead atoms. The maximum atomic E-state index is 12.0. The molecule has 1 aliphatic heterocycles. The SMILES string of the molecule is CN(CCC(=O)O)C(=O)Cc1ccc2c(c1)OCCO2. The lowest BCUT2D eigenvalue weighted by molar-refractivity contribution is -0.138. The minimum atomic E-state index is -0.913. The van der Waals surface area contributed by atoms with Crippen LogP contribution < -0.4 is 9.47 Å². The van der Waals surface area contributed by atoms with E-state index in [1.165, 1.54) is 4.90 Å². The Morgan fingerprint density at radius 2 is 1.95 bits per heavy atom. The minimum Gasteiger partial charge on any atom is -0.486 e. The van der Waals surface area contributed by atoms with Crippen molar-refractivity contribution in [3.8, 4) is 11.5 Å². The molecule has 0 spiro atoms. The average Bonchev–Trinajstić information content (AvgIpc) is 2.44. The van der Waals surface area contributed by atoms with Crippen molar-refractivity contribution >= 4 is 11.9 Å². The zero-order valence-corrected chi connectivity index (χ0v) is 11.3. The monoisotopic (exact) mass is 279 g/mol. The van der Waals surface area contributed by atoms with Crippen LogP contribution in [0.15, 0.2) is 18.2 Å². The Balaban J connectivity index is 1.95. The van der Waals surface area contributed by atoms with E-state index >= 15 is 0 Å². The number of hydrogen-bond donors (Lipinski definition) is 1. The first-order valence-electron chi connectivity index (χ1n) is 6.40. The van der Waals surface area contributed by atoms with Gasteiger partial charge < -0.3 is 19.5 Å². The van der Waals surface area contributed by atoms with Crippen LogP contribution in [-0.2, 0) is 16.0 Å². The second-order valence-corrected chi connectivity index (χ2v) is 4.61. The number of fused-ring (bicyclic) bond motifs is 1. The molecule has 0 radical (unpaired) electrons. The largest absolute Gasteiger partial charge is 0.486 e. The van der Waals surface area contributed by atoms with Crippen LogP contribution in [-0.4, -0.2) is 48.7 Å². The summed E-state index contributed by atoms with van der Waals surface area (Å²) in [5, 5.41) is 8.60. The number of likely N-dealkylation sites (N-methyl/N-ethyl adjacent to an activating group) is 1. The molecule has 0 saturated carbocycles. The summed E-state index contributed by atoms with van der Waals surface area (Å²) in [5.74, 6) is 0.299. The van der Waals surface area contributed by atoms with Crippen LogP contribution in [0.25, 0.3) is 0 Å². The lowest BCUT2D eigenvalue weighted by Crippen LogP contribution is -2.30. The molecule has 1 amide bonds. The first kappa shape index (κ1) is 14.2. The second kappa shape index (κ2) is 6.27. The van der Waals surface area contributed by atoms with Gasteiger partial charge in [0.1, 0.15) is 13.2 Å². The summed E-state index contributed by atoms with van der Waals surface area (Å²) in [7, 11) is 1.60. The fourth-order valence-electron chi connectivity index (χ4n) is 1.90. The smallest absolute Gasteiger partial charge is 0.305 e. The van der Waals surface area contributed by atoms with Crippen LogP contribution in [0.1, 0.15) is 12.0 Å². The van der Waals surface area contributed by atoms with Crippen LogP contribution in [0.4, 0.5) is 0 Å². The first-order valence-corrected chi connectivity index (χ1v) is 6.40. The fourth-order valence-corrected chi connectivity index (χ4v) is 1.90. The highest BCUT2D eigenvalue weighted by Gasteiger charge is 2.15. The van der Waals surface area contributed by atoms with Crippen molar-refractivity contribution in [2.24, 2.45) is 0 Å². The number of rotatable bonds is 5. The van der Waals surface area contributed by atoms with E-state index in [-0.39, 0.29) is 25.3 Å². The van der Waals surface area contributed by atoms with E-state index in [1.54, 1.807) is 19.2 Å². The predicted octanol–water partition coefficient (Wildman–Crippen LogP) is 0.933. The molecule has 108 valence electrons. The lowest BCUT2D eigenvalue weighted by Gasteiger charge is -2.20. The number of hydrogen-bond acceptors (Lipinski definition) is 4. The highest BCUT2D eigenvalue weighted by Crippen LogP contribution is 2.30. The van der Waals surface area contributed by atoms with E-state index < -0.39 is 5.97 Å². The van der Waals surface area contributed by atoms with Gasteiger partial charge in [-0.25, -0.2) is 0 Å². The first-order chi connectivity index (χ1) is 9.56. The Bertz CT molecular complexity index is 514. The van der Waals surface area contributed by atoms with E-state index in [2.05, 4.69) is 0 Å². The number of carbonyl (C=O) groups is 2. The summed E-state index contributed by atoms with van der Waals surface area (Å²) in [5.41, 5.74) is 0.821. The van der Waals surface area contributed by atoms with Gasteiger partial charge in [0.25, 0.3) is 0 Å². The molecule has 1 N–H and O–H groups in total. The van der Waals surface area contributed by atoms with Gasteiger partial charge in [0.15, 0.2) is 11.5 Å². The van der Waals surface area contributed by atoms with Crippen molar-refractivity contribution in [2.45, 2.75) is 12.8 Å². The van der Waals surface area contributed by atoms with E-state index in [0.29, 0.717) is 24.7 Å². The Hall–Kier alpha value is -2.24. The Labute approximate surface area is 116 Å². The predicted molar refractivity (Wildman–Crippen MR) is 71.0 cm³/mol. The molecule has 1 aromatic rings. The van der Waals surface area contributed by atoms with Gasteiger partial charge in [-0.15, -0.1) is 0 Å². The van der Waals surface area contributed by atoms with Gasteiger partial charge in [-0.2, -0.15) is 0 Å². The molecule has 0 atom stereocenters. The second-order valence-electron chi connectivity index (χ2n) is 4.61. The van der Waals surface area contributed by atoms with Gasteiger partial charge in [-0.3, -0.25) is 9.59 Å². The zero-order chi connectivity index (χ0) is 14.5. The number of ether oxygens (including phenoxy) is 2. The molecule has 1 aliphatic rings.